The van der Waals surface area contributed by atoms with Crippen molar-refractivity contribution in [2.45, 2.75) is 18.9 Å². The van der Waals surface area contributed by atoms with E-state index in [9.17, 15) is 4.79 Å². The van der Waals surface area contributed by atoms with Gasteiger partial charge < -0.3 is 14.5 Å². The van der Waals surface area contributed by atoms with E-state index in [1.54, 1.807) is 0 Å². The number of rotatable bonds is 5. The summed E-state index contributed by atoms with van der Waals surface area (Å²) < 4.78 is 5.45. The zero-order chi connectivity index (χ0) is 16.9. The van der Waals surface area contributed by atoms with Crippen molar-refractivity contribution in [2.24, 2.45) is 0 Å². The van der Waals surface area contributed by atoms with Gasteiger partial charge in [-0.15, -0.1) is 0 Å². The molecule has 1 aromatic heterocycles. The summed E-state index contributed by atoms with van der Waals surface area (Å²) in [5.74, 6) is 0.0227. The summed E-state index contributed by atoms with van der Waals surface area (Å²) in [6, 6.07) is 11.9. The highest BCUT2D eigenvalue weighted by molar-refractivity contribution is 5.95. The molecule has 1 amide bonds. The molecule has 2 heterocycles. The molecule has 1 saturated heterocycles. The van der Waals surface area contributed by atoms with Crippen molar-refractivity contribution in [1.29, 1.82) is 0 Å². The molecule has 5 heteroatoms. The largest absolute Gasteiger partial charge is 0.381 e. The van der Waals surface area contributed by atoms with E-state index in [1.165, 1.54) is 0 Å². The van der Waals surface area contributed by atoms with Crippen LogP contribution in [0.15, 0.2) is 36.4 Å². The van der Waals surface area contributed by atoms with E-state index in [4.69, 9.17) is 4.74 Å². The molecule has 0 unspecified atom stereocenters. The molecule has 0 aliphatic carbocycles. The van der Waals surface area contributed by atoms with Crippen LogP contribution < -0.4 is 0 Å². The molecule has 1 fully saturated rings. The van der Waals surface area contributed by atoms with Crippen LogP contribution in [0.25, 0.3) is 10.9 Å². The molecule has 0 atom stereocenters. The standard InChI is InChI=1S/C19H25N3O2/c1-21(2)11-12-22(16-9-13-24-14-10-16)19(23)18-8-7-15-5-3-4-6-17(15)20-18/h3-8,16H,9-14H2,1-2H3. The average molecular weight is 327 g/mol. The maximum atomic E-state index is 13.1. The Morgan fingerprint density at radius 2 is 1.88 bits per heavy atom. The van der Waals surface area contributed by atoms with Crippen molar-refractivity contribution >= 4 is 16.8 Å². The van der Waals surface area contributed by atoms with Crippen LogP contribution in [-0.4, -0.2) is 67.1 Å². The number of carbonyl (C=O) groups excluding carboxylic acids is 1. The van der Waals surface area contributed by atoms with Crippen LogP contribution >= 0.6 is 0 Å². The number of fused-ring (bicyclic) bond motifs is 1. The summed E-state index contributed by atoms with van der Waals surface area (Å²) >= 11 is 0. The predicted octanol–water partition coefficient (Wildman–Crippen LogP) is 2.42. The van der Waals surface area contributed by atoms with Gasteiger partial charge in [-0.1, -0.05) is 24.3 Å². The Morgan fingerprint density at radius 3 is 2.62 bits per heavy atom. The number of nitrogens with zero attached hydrogens (tertiary/aromatic N) is 3. The number of ether oxygens (including phenoxy) is 1. The summed E-state index contributed by atoms with van der Waals surface area (Å²) in [5, 5.41) is 1.06. The second kappa shape index (κ2) is 7.73. The fraction of sp³-hybridized carbons (Fsp3) is 0.474. The fourth-order valence-electron chi connectivity index (χ4n) is 3.09. The first-order chi connectivity index (χ1) is 11.6. The Kier molecular flexibility index (Phi) is 5.43. The average Bonchev–Trinajstić information content (AvgIpc) is 2.62. The second-order valence-electron chi connectivity index (χ2n) is 6.53. The number of aromatic nitrogens is 1. The lowest BCUT2D eigenvalue weighted by Crippen LogP contribution is -2.46. The Bertz CT molecular complexity index is 696. The molecule has 2 aromatic rings. The van der Waals surface area contributed by atoms with Gasteiger partial charge in [-0.05, 0) is 39.1 Å². The minimum atomic E-state index is 0.0227. The van der Waals surface area contributed by atoms with E-state index < -0.39 is 0 Å². The number of amides is 1. The van der Waals surface area contributed by atoms with Gasteiger partial charge in [-0.25, -0.2) is 4.98 Å². The van der Waals surface area contributed by atoms with Crippen LogP contribution in [0.1, 0.15) is 23.3 Å². The lowest BCUT2D eigenvalue weighted by atomic mass is 10.1. The van der Waals surface area contributed by atoms with Gasteiger partial charge in [0.25, 0.3) is 5.91 Å². The van der Waals surface area contributed by atoms with Crippen molar-refractivity contribution in [2.75, 3.05) is 40.4 Å². The zero-order valence-electron chi connectivity index (χ0n) is 14.4. The van der Waals surface area contributed by atoms with Crippen LogP contribution in [0.4, 0.5) is 0 Å². The molecule has 1 aromatic carbocycles. The van der Waals surface area contributed by atoms with E-state index in [0.717, 1.165) is 43.5 Å². The summed E-state index contributed by atoms with van der Waals surface area (Å²) in [5.41, 5.74) is 1.39. The molecule has 0 N–H and O–H groups in total. The number of carbonyl (C=O) groups is 1. The molecule has 0 saturated carbocycles. The maximum absolute atomic E-state index is 13.1. The van der Waals surface area contributed by atoms with Crippen LogP contribution in [0.2, 0.25) is 0 Å². The number of likely N-dealkylation sites (N-methyl/N-ethyl adjacent to an activating group) is 1. The maximum Gasteiger partial charge on any atom is 0.272 e. The molecule has 1 aliphatic heterocycles. The SMILES string of the molecule is CN(C)CCN(C(=O)c1ccc2ccccc2n1)C1CCOCC1. The quantitative estimate of drug-likeness (QED) is 0.846. The van der Waals surface area contributed by atoms with Gasteiger partial charge in [0.05, 0.1) is 5.52 Å². The fourth-order valence-corrected chi connectivity index (χ4v) is 3.09. The number of pyridine rings is 1. The number of hydrogen-bond acceptors (Lipinski definition) is 4. The predicted molar refractivity (Wildman–Crippen MR) is 95.2 cm³/mol. The van der Waals surface area contributed by atoms with E-state index in [-0.39, 0.29) is 11.9 Å². The molecule has 5 nitrogen and oxygen atoms in total. The smallest absolute Gasteiger partial charge is 0.272 e. The summed E-state index contributed by atoms with van der Waals surface area (Å²) in [7, 11) is 4.06. The first-order valence-electron chi connectivity index (χ1n) is 8.54. The lowest BCUT2D eigenvalue weighted by Gasteiger charge is -2.35. The van der Waals surface area contributed by atoms with Crippen molar-refractivity contribution in [1.82, 2.24) is 14.8 Å². The van der Waals surface area contributed by atoms with Gasteiger partial charge >= 0.3 is 0 Å². The molecular weight excluding hydrogens is 302 g/mol. The van der Waals surface area contributed by atoms with E-state index in [2.05, 4.69) is 9.88 Å². The van der Waals surface area contributed by atoms with E-state index in [1.807, 2.05) is 55.4 Å². The summed E-state index contributed by atoms with van der Waals surface area (Å²) in [4.78, 5) is 21.8. The molecule has 24 heavy (non-hydrogen) atoms. The third kappa shape index (κ3) is 3.91. The Morgan fingerprint density at radius 1 is 1.12 bits per heavy atom. The Balaban J connectivity index is 1.84. The van der Waals surface area contributed by atoms with Gasteiger partial charge in [0.1, 0.15) is 5.69 Å². The molecule has 1 aliphatic rings. The van der Waals surface area contributed by atoms with Gasteiger partial charge in [-0.3, -0.25) is 4.79 Å². The highest BCUT2D eigenvalue weighted by Gasteiger charge is 2.27. The van der Waals surface area contributed by atoms with Crippen molar-refractivity contribution in [3.8, 4) is 0 Å². The van der Waals surface area contributed by atoms with Gasteiger partial charge in [0.15, 0.2) is 0 Å². The van der Waals surface area contributed by atoms with Gasteiger partial charge in [0, 0.05) is 37.7 Å². The first kappa shape index (κ1) is 16.9. The van der Waals surface area contributed by atoms with E-state index in [0.29, 0.717) is 12.2 Å². The van der Waals surface area contributed by atoms with Crippen LogP contribution in [0.5, 0.6) is 0 Å². The topological polar surface area (TPSA) is 45.7 Å². The number of hydrogen-bond donors (Lipinski definition) is 0. The molecular formula is C19H25N3O2. The molecule has 0 radical (unpaired) electrons. The minimum Gasteiger partial charge on any atom is -0.381 e. The van der Waals surface area contributed by atoms with Gasteiger partial charge in [0.2, 0.25) is 0 Å². The Hall–Kier alpha value is -1.98. The first-order valence-corrected chi connectivity index (χ1v) is 8.54. The molecule has 128 valence electrons. The van der Waals surface area contributed by atoms with Crippen molar-refractivity contribution in [3.63, 3.8) is 0 Å². The third-order valence-electron chi connectivity index (χ3n) is 4.50. The minimum absolute atomic E-state index is 0.0227. The normalized spacial score (nSPS) is 15.8. The molecule has 0 spiro atoms. The molecule has 0 bridgehead atoms. The molecule has 3 rings (SSSR count). The summed E-state index contributed by atoms with van der Waals surface area (Å²) in [6.45, 7) is 3.00. The van der Waals surface area contributed by atoms with E-state index >= 15 is 0 Å². The lowest BCUT2D eigenvalue weighted by molar-refractivity contribution is 0.0273. The number of para-hydroxylation sites is 1. The van der Waals surface area contributed by atoms with Crippen molar-refractivity contribution < 1.29 is 9.53 Å². The highest BCUT2D eigenvalue weighted by atomic mass is 16.5. The van der Waals surface area contributed by atoms with Crippen LogP contribution in [0.3, 0.4) is 0 Å². The summed E-state index contributed by atoms with van der Waals surface area (Å²) in [6.07, 6.45) is 1.79. The third-order valence-corrected chi connectivity index (χ3v) is 4.50. The monoisotopic (exact) mass is 327 g/mol. The Labute approximate surface area is 143 Å². The highest BCUT2D eigenvalue weighted by Crippen LogP contribution is 2.19. The van der Waals surface area contributed by atoms with Crippen LogP contribution in [-0.2, 0) is 4.74 Å². The second-order valence-corrected chi connectivity index (χ2v) is 6.53. The van der Waals surface area contributed by atoms with Crippen molar-refractivity contribution in [3.05, 3.63) is 42.1 Å². The zero-order valence-corrected chi connectivity index (χ0v) is 14.4. The van der Waals surface area contributed by atoms with Gasteiger partial charge in [-0.2, -0.15) is 0 Å². The number of benzene rings is 1. The van der Waals surface area contributed by atoms with Crippen LogP contribution in [0, 0.1) is 0 Å².